The lowest BCUT2D eigenvalue weighted by Gasteiger charge is -2.30. The molecule has 20 heavy (non-hydrogen) atoms. The smallest absolute Gasteiger partial charge is 0.255 e. The summed E-state index contributed by atoms with van der Waals surface area (Å²) in [6.07, 6.45) is 0.818. The van der Waals surface area contributed by atoms with E-state index in [4.69, 9.17) is 5.73 Å². The van der Waals surface area contributed by atoms with Gasteiger partial charge in [0, 0.05) is 23.2 Å². The molecule has 0 aliphatic carbocycles. The third-order valence-corrected chi connectivity index (χ3v) is 4.39. The lowest BCUT2D eigenvalue weighted by atomic mass is 9.97. The molecule has 3 nitrogen and oxygen atoms in total. The van der Waals surface area contributed by atoms with Crippen LogP contribution in [-0.2, 0) is 13.0 Å². The van der Waals surface area contributed by atoms with Gasteiger partial charge in [0.1, 0.15) is 0 Å². The van der Waals surface area contributed by atoms with Gasteiger partial charge in [-0.2, -0.15) is 0 Å². The molecule has 0 fully saturated rings. The Hall–Kier alpha value is -1.81. The number of hydrogen-bond acceptors (Lipinski definition) is 2. The molecule has 0 spiro atoms. The van der Waals surface area contributed by atoms with E-state index >= 15 is 0 Å². The zero-order chi connectivity index (χ0) is 14.1. The minimum atomic E-state index is 0.0607. The maximum atomic E-state index is 12.6. The van der Waals surface area contributed by atoms with Gasteiger partial charge in [-0.25, -0.2) is 0 Å². The minimum absolute atomic E-state index is 0.0607. The van der Waals surface area contributed by atoms with Crippen LogP contribution >= 0.6 is 15.9 Å². The van der Waals surface area contributed by atoms with Gasteiger partial charge in [-0.05, 0) is 51.7 Å². The first-order valence-electron chi connectivity index (χ1n) is 6.57. The maximum Gasteiger partial charge on any atom is 0.255 e. The fraction of sp³-hybridized carbons (Fsp3) is 0.188. The van der Waals surface area contributed by atoms with Crippen molar-refractivity contribution in [2.45, 2.75) is 13.0 Å². The van der Waals surface area contributed by atoms with Crippen molar-refractivity contribution >= 4 is 27.5 Å². The van der Waals surface area contributed by atoms with Crippen molar-refractivity contribution in [3.8, 4) is 0 Å². The van der Waals surface area contributed by atoms with E-state index in [1.807, 2.05) is 47.4 Å². The zero-order valence-electron chi connectivity index (χ0n) is 11.0. The number of benzene rings is 2. The van der Waals surface area contributed by atoms with E-state index in [0.29, 0.717) is 18.7 Å². The topological polar surface area (TPSA) is 46.3 Å². The van der Waals surface area contributed by atoms with Crippen LogP contribution in [0.25, 0.3) is 0 Å². The molecule has 0 unspecified atom stereocenters. The minimum Gasteiger partial charge on any atom is -0.398 e. The highest BCUT2D eigenvalue weighted by Crippen LogP contribution is 2.26. The predicted molar refractivity (Wildman–Crippen MR) is 83.4 cm³/mol. The summed E-state index contributed by atoms with van der Waals surface area (Å²) in [5, 5.41) is 0. The number of nitrogens with zero attached hydrogens (tertiary/aromatic N) is 1. The summed E-state index contributed by atoms with van der Waals surface area (Å²) in [7, 11) is 0. The number of rotatable bonds is 1. The molecule has 102 valence electrons. The monoisotopic (exact) mass is 330 g/mol. The highest BCUT2D eigenvalue weighted by molar-refractivity contribution is 9.10. The summed E-state index contributed by atoms with van der Waals surface area (Å²) >= 11 is 3.44. The van der Waals surface area contributed by atoms with E-state index in [-0.39, 0.29) is 5.91 Å². The summed E-state index contributed by atoms with van der Waals surface area (Å²) in [5.41, 5.74) is 9.86. The fourth-order valence-electron chi connectivity index (χ4n) is 2.62. The lowest BCUT2D eigenvalue weighted by Crippen LogP contribution is -2.36. The van der Waals surface area contributed by atoms with Crippen molar-refractivity contribution in [1.29, 1.82) is 0 Å². The largest absolute Gasteiger partial charge is 0.398 e. The SMILES string of the molecule is Nc1cccc2c1CCN(C(=O)c1ccccc1Br)C2. The molecule has 0 saturated heterocycles. The quantitative estimate of drug-likeness (QED) is 0.816. The van der Waals surface area contributed by atoms with Gasteiger partial charge in [0.05, 0.1) is 5.56 Å². The number of hydrogen-bond donors (Lipinski definition) is 1. The highest BCUT2D eigenvalue weighted by atomic mass is 79.9. The number of carbonyl (C=O) groups excluding carboxylic acids is 1. The molecule has 2 N–H and O–H groups in total. The molecule has 4 heteroatoms. The molecule has 2 aromatic carbocycles. The van der Waals surface area contributed by atoms with E-state index in [0.717, 1.165) is 22.1 Å². The normalized spacial score (nSPS) is 13.9. The van der Waals surface area contributed by atoms with Crippen LogP contribution in [0.15, 0.2) is 46.9 Å². The van der Waals surface area contributed by atoms with Crippen molar-refractivity contribution in [1.82, 2.24) is 4.90 Å². The van der Waals surface area contributed by atoms with Crippen LogP contribution < -0.4 is 5.73 Å². The molecule has 1 aliphatic heterocycles. The standard InChI is InChI=1S/C16H15BrN2O/c17-14-6-2-1-5-13(14)16(20)19-9-8-12-11(10-19)4-3-7-15(12)18/h1-7H,8-10,18H2. The number of halogens is 1. The van der Waals surface area contributed by atoms with Crippen LogP contribution in [0.4, 0.5) is 5.69 Å². The first-order valence-corrected chi connectivity index (χ1v) is 7.36. The Balaban J connectivity index is 1.88. The Morgan fingerprint density at radius 2 is 1.95 bits per heavy atom. The Labute approximate surface area is 126 Å². The number of nitrogens with two attached hydrogens (primary N) is 1. The van der Waals surface area contributed by atoms with Gasteiger partial charge in [-0.1, -0.05) is 24.3 Å². The second-order valence-electron chi connectivity index (χ2n) is 4.94. The van der Waals surface area contributed by atoms with Crippen molar-refractivity contribution in [3.05, 3.63) is 63.6 Å². The van der Waals surface area contributed by atoms with Crippen LogP contribution in [0.1, 0.15) is 21.5 Å². The molecule has 1 aliphatic rings. The van der Waals surface area contributed by atoms with Crippen molar-refractivity contribution in [3.63, 3.8) is 0 Å². The summed E-state index contributed by atoms with van der Waals surface area (Å²) < 4.78 is 0.836. The zero-order valence-corrected chi connectivity index (χ0v) is 12.6. The van der Waals surface area contributed by atoms with Crippen LogP contribution in [-0.4, -0.2) is 17.4 Å². The average molecular weight is 331 g/mol. The second kappa shape index (κ2) is 5.29. The predicted octanol–water partition coefficient (Wildman–Crippen LogP) is 3.23. The van der Waals surface area contributed by atoms with Crippen LogP contribution in [0.5, 0.6) is 0 Å². The molecular weight excluding hydrogens is 316 g/mol. The van der Waals surface area contributed by atoms with Gasteiger partial charge < -0.3 is 10.6 Å². The van der Waals surface area contributed by atoms with Crippen LogP contribution in [0.3, 0.4) is 0 Å². The van der Waals surface area contributed by atoms with Crippen molar-refractivity contribution < 1.29 is 4.79 Å². The third kappa shape index (κ3) is 2.31. The molecule has 3 rings (SSSR count). The van der Waals surface area contributed by atoms with Crippen LogP contribution in [0.2, 0.25) is 0 Å². The molecule has 2 aromatic rings. The van der Waals surface area contributed by atoms with E-state index in [9.17, 15) is 4.79 Å². The lowest BCUT2D eigenvalue weighted by molar-refractivity contribution is 0.0734. The van der Waals surface area contributed by atoms with Gasteiger partial charge >= 0.3 is 0 Å². The Morgan fingerprint density at radius 1 is 1.15 bits per heavy atom. The van der Waals surface area contributed by atoms with E-state index < -0.39 is 0 Å². The molecule has 0 saturated carbocycles. The highest BCUT2D eigenvalue weighted by Gasteiger charge is 2.23. The maximum absolute atomic E-state index is 12.6. The molecule has 1 heterocycles. The first kappa shape index (κ1) is 13.2. The third-order valence-electron chi connectivity index (χ3n) is 3.69. The molecule has 0 aromatic heterocycles. The molecule has 0 bridgehead atoms. The molecule has 0 atom stereocenters. The Kier molecular flexibility index (Phi) is 3.49. The number of amides is 1. The van der Waals surface area contributed by atoms with Crippen molar-refractivity contribution in [2.24, 2.45) is 0 Å². The summed E-state index contributed by atoms with van der Waals surface area (Å²) in [4.78, 5) is 14.5. The van der Waals surface area contributed by atoms with Crippen LogP contribution in [0, 0.1) is 0 Å². The summed E-state index contributed by atoms with van der Waals surface area (Å²) in [6, 6.07) is 13.4. The van der Waals surface area contributed by atoms with Gasteiger partial charge in [0.15, 0.2) is 0 Å². The number of fused-ring (bicyclic) bond motifs is 1. The Morgan fingerprint density at radius 3 is 2.75 bits per heavy atom. The van der Waals surface area contributed by atoms with E-state index in [2.05, 4.69) is 15.9 Å². The van der Waals surface area contributed by atoms with Gasteiger partial charge in [-0.15, -0.1) is 0 Å². The molecular formula is C16H15BrN2O. The number of carbonyl (C=O) groups is 1. The fourth-order valence-corrected chi connectivity index (χ4v) is 3.07. The number of nitrogen functional groups attached to an aromatic ring is 1. The molecule has 1 amide bonds. The summed E-state index contributed by atoms with van der Waals surface area (Å²) in [5.74, 6) is 0.0607. The van der Waals surface area contributed by atoms with Crippen molar-refractivity contribution in [2.75, 3.05) is 12.3 Å². The number of anilines is 1. The van der Waals surface area contributed by atoms with Gasteiger partial charge in [0.25, 0.3) is 5.91 Å². The van der Waals surface area contributed by atoms with E-state index in [1.165, 1.54) is 5.56 Å². The van der Waals surface area contributed by atoms with Gasteiger partial charge in [-0.3, -0.25) is 4.79 Å². The second-order valence-corrected chi connectivity index (χ2v) is 5.80. The summed E-state index contributed by atoms with van der Waals surface area (Å²) in [6.45, 7) is 1.34. The van der Waals surface area contributed by atoms with E-state index in [1.54, 1.807) is 0 Å². The Bertz CT molecular complexity index is 669. The van der Waals surface area contributed by atoms with Gasteiger partial charge in [0.2, 0.25) is 0 Å². The molecule has 0 radical (unpaired) electrons. The average Bonchev–Trinajstić information content (AvgIpc) is 2.47. The first-order chi connectivity index (χ1) is 9.66.